The maximum absolute atomic E-state index is 12.6. The van der Waals surface area contributed by atoms with Crippen LogP contribution >= 0.6 is 7.82 Å². The smallest absolute Gasteiger partial charge is 0.472 e. The minimum absolute atomic E-state index is 0.0136. The number of aliphatic carboxylic acids is 1. The van der Waals surface area contributed by atoms with Gasteiger partial charge in [-0.2, -0.15) is 0 Å². The molecule has 0 rings (SSSR count). The molecule has 0 radical (unpaired) electrons. The summed E-state index contributed by atoms with van der Waals surface area (Å²) in [6.07, 6.45) is 43.7. The Bertz CT molecular complexity index is 977. The molecule has 0 bridgehead atoms. The zero-order chi connectivity index (χ0) is 40.5. The molecular formula is C44H84NO9P. The largest absolute Gasteiger partial charge is 0.480 e. The van der Waals surface area contributed by atoms with Crippen LogP contribution in [0.4, 0.5) is 0 Å². The number of hydrogen-bond acceptors (Lipinski definition) is 8. The van der Waals surface area contributed by atoms with Crippen molar-refractivity contribution in [3.8, 4) is 0 Å². The third-order valence-corrected chi connectivity index (χ3v) is 10.7. The van der Waals surface area contributed by atoms with Gasteiger partial charge in [0.2, 0.25) is 0 Å². The van der Waals surface area contributed by atoms with Gasteiger partial charge in [0.1, 0.15) is 12.1 Å². The van der Waals surface area contributed by atoms with E-state index in [-0.39, 0.29) is 13.0 Å². The van der Waals surface area contributed by atoms with E-state index in [1.165, 1.54) is 128 Å². The number of ether oxygens (including phenoxy) is 2. The van der Waals surface area contributed by atoms with Gasteiger partial charge in [-0.05, 0) is 64.2 Å². The molecule has 0 aliphatic heterocycles. The van der Waals surface area contributed by atoms with Crippen molar-refractivity contribution in [2.45, 2.75) is 219 Å². The van der Waals surface area contributed by atoms with E-state index in [2.05, 4.69) is 38.2 Å². The number of hydrogen-bond donors (Lipinski definition) is 3. The van der Waals surface area contributed by atoms with E-state index in [0.717, 1.165) is 51.4 Å². The van der Waals surface area contributed by atoms with Crippen LogP contribution < -0.4 is 5.73 Å². The number of nitrogens with two attached hydrogens (primary N) is 1. The fourth-order valence-electron chi connectivity index (χ4n) is 6.18. The van der Waals surface area contributed by atoms with Crippen molar-refractivity contribution in [2.75, 3.05) is 26.4 Å². The van der Waals surface area contributed by atoms with E-state index < -0.39 is 45.1 Å². The molecule has 0 saturated carbocycles. The first-order valence-electron chi connectivity index (χ1n) is 22.4. The Hall–Kier alpha value is -1.55. The number of carboxylic acids is 1. The van der Waals surface area contributed by atoms with Crippen LogP contribution in [0.3, 0.4) is 0 Å². The van der Waals surface area contributed by atoms with Gasteiger partial charge in [-0.15, -0.1) is 0 Å². The molecule has 4 N–H and O–H groups in total. The topological polar surface area (TPSA) is 155 Å². The highest BCUT2D eigenvalue weighted by atomic mass is 31.2. The lowest BCUT2D eigenvalue weighted by Crippen LogP contribution is -2.34. The molecule has 0 aromatic carbocycles. The van der Waals surface area contributed by atoms with E-state index in [4.69, 9.17) is 29.4 Å². The second-order valence-electron chi connectivity index (χ2n) is 15.2. The number of carbonyl (C=O) groups is 2. The SMILES string of the molecule is CCCCCCCC/C=C\CCCCCCCCCC(=O)OC(COCCCCCCCC/C=C\CCCCCCCC)COP(=O)(O)OCC(N)C(=O)O. The van der Waals surface area contributed by atoms with E-state index in [1.807, 2.05) is 0 Å². The number of phosphoric acid groups is 1. The zero-order valence-corrected chi connectivity index (χ0v) is 36.2. The summed E-state index contributed by atoms with van der Waals surface area (Å²) in [5.41, 5.74) is 5.36. The second kappa shape index (κ2) is 40.6. The minimum Gasteiger partial charge on any atom is -0.480 e. The Balaban J connectivity index is 4.23. The third-order valence-electron chi connectivity index (χ3n) is 9.70. The lowest BCUT2D eigenvalue weighted by atomic mass is 10.1. The van der Waals surface area contributed by atoms with Crippen LogP contribution in [-0.2, 0) is 32.7 Å². The first-order chi connectivity index (χ1) is 26.7. The minimum atomic E-state index is -4.62. The van der Waals surface area contributed by atoms with Crippen LogP contribution in [-0.4, -0.2) is 60.5 Å². The zero-order valence-electron chi connectivity index (χ0n) is 35.3. The number of esters is 1. The number of unbranched alkanes of at least 4 members (excludes halogenated alkanes) is 25. The fourth-order valence-corrected chi connectivity index (χ4v) is 6.96. The van der Waals surface area contributed by atoms with Crippen molar-refractivity contribution in [2.24, 2.45) is 5.73 Å². The Labute approximate surface area is 336 Å². The maximum atomic E-state index is 12.6. The summed E-state index contributed by atoms with van der Waals surface area (Å²) in [4.78, 5) is 33.5. The van der Waals surface area contributed by atoms with E-state index in [0.29, 0.717) is 13.0 Å². The number of phosphoric ester groups is 1. The highest BCUT2D eigenvalue weighted by molar-refractivity contribution is 7.47. The second-order valence-corrected chi connectivity index (χ2v) is 16.6. The molecule has 0 fully saturated rings. The highest BCUT2D eigenvalue weighted by Crippen LogP contribution is 2.43. The molecule has 0 aliphatic rings. The summed E-state index contributed by atoms with van der Waals surface area (Å²) in [5, 5.41) is 8.90. The molecule has 0 aliphatic carbocycles. The monoisotopic (exact) mass is 802 g/mol. The molecule has 0 amide bonds. The average Bonchev–Trinajstić information content (AvgIpc) is 3.16. The Kier molecular flexibility index (Phi) is 39.5. The van der Waals surface area contributed by atoms with Gasteiger partial charge in [-0.25, -0.2) is 4.57 Å². The normalized spacial score (nSPS) is 14.1. The van der Waals surface area contributed by atoms with Crippen LogP contribution in [0.5, 0.6) is 0 Å². The maximum Gasteiger partial charge on any atom is 0.472 e. The molecule has 324 valence electrons. The van der Waals surface area contributed by atoms with Crippen LogP contribution in [0.25, 0.3) is 0 Å². The van der Waals surface area contributed by atoms with Crippen LogP contribution in [0.15, 0.2) is 24.3 Å². The molecular weight excluding hydrogens is 717 g/mol. The van der Waals surface area contributed by atoms with Gasteiger partial charge in [0.25, 0.3) is 0 Å². The molecule has 0 spiro atoms. The van der Waals surface area contributed by atoms with Gasteiger partial charge in [0, 0.05) is 13.0 Å². The van der Waals surface area contributed by atoms with Crippen molar-refractivity contribution in [1.29, 1.82) is 0 Å². The van der Waals surface area contributed by atoms with Gasteiger partial charge in [0.15, 0.2) is 0 Å². The van der Waals surface area contributed by atoms with Crippen molar-refractivity contribution in [3.63, 3.8) is 0 Å². The molecule has 0 aromatic rings. The summed E-state index contributed by atoms with van der Waals surface area (Å²) in [7, 11) is -4.62. The van der Waals surface area contributed by atoms with Gasteiger partial charge in [-0.3, -0.25) is 18.6 Å². The average molecular weight is 802 g/mol. The Morgan fingerprint density at radius 3 is 1.38 bits per heavy atom. The molecule has 11 heteroatoms. The van der Waals surface area contributed by atoms with Gasteiger partial charge < -0.3 is 25.2 Å². The van der Waals surface area contributed by atoms with Gasteiger partial charge in [-0.1, -0.05) is 160 Å². The molecule has 55 heavy (non-hydrogen) atoms. The molecule has 0 heterocycles. The van der Waals surface area contributed by atoms with Crippen molar-refractivity contribution >= 4 is 19.8 Å². The summed E-state index contributed by atoms with van der Waals surface area (Å²) in [5.74, 6) is -1.78. The summed E-state index contributed by atoms with van der Waals surface area (Å²) in [6, 6.07) is -1.47. The number of carbonyl (C=O) groups excluding carboxylic acids is 1. The number of carboxylic acid groups (broad SMARTS) is 1. The lowest BCUT2D eigenvalue weighted by Gasteiger charge is -2.20. The summed E-state index contributed by atoms with van der Waals surface area (Å²) < 4.78 is 33.4. The number of rotatable bonds is 43. The van der Waals surface area contributed by atoms with Crippen LogP contribution in [0, 0.1) is 0 Å². The van der Waals surface area contributed by atoms with Crippen LogP contribution in [0.2, 0.25) is 0 Å². The molecule has 10 nitrogen and oxygen atoms in total. The highest BCUT2D eigenvalue weighted by Gasteiger charge is 2.27. The first-order valence-corrected chi connectivity index (χ1v) is 23.9. The number of allylic oxidation sites excluding steroid dienone is 4. The van der Waals surface area contributed by atoms with Crippen molar-refractivity contribution < 1.29 is 42.7 Å². The Morgan fingerprint density at radius 1 is 0.564 bits per heavy atom. The predicted molar refractivity (Wildman–Crippen MR) is 226 cm³/mol. The van der Waals surface area contributed by atoms with Gasteiger partial charge in [0.05, 0.1) is 19.8 Å². The Morgan fingerprint density at radius 2 is 0.945 bits per heavy atom. The van der Waals surface area contributed by atoms with Crippen LogP contribution in [0.1, 0.15) is 206 Å². The third kappa shape index (κ3) is 40.4. The first kappa shape index (κ1) is 53.5. The quantitative estimate of drug-likeness (QED) is 0.0235. The summed E-state index contributed by atoms with van der Waals surface area (Å²) >= 11 is 0. The van der Waals surface area contributed by atoms with E-state index >= 15 is 0 Å². The molecule has 3 unspecified atom stereocenters. The van der Waals surface area contributed by atoms with Crippen molar-refractivity contribution in [1.82, 2.24) is 0 Å². The van der Waals surface area contributed by atoms with E-state index in [1.54, 1.807) is 0 Å². The molecule has 0 aromatic heterocycles. The van der Waals surface area contributed by atoms with Crippen molar-refractivity contribution in [3.05, 3.63) is 24.3 Å². The standard InChI is InChI=1S/C44H84NO9P/c1-3-5-7-9-11-13-15-17-19-21-22-24-26-28-30-32-34-36-43(46)54-41(39-52-55(49,50)53-40-42(45)44(47)48)38-51-37-35-33-31-29-27-25-23-20-18-16-14-12-10-8-6-4-2/h17-20,41-42H,3-16,21-40,45H2,1-2H3,(H,47,48)(H,49,50)/b19-17-,20-18-. The lowest BCUT2D eigenvalue weighted by molar-refractivity contribution is -0.154. The van der Waals surface area contributed by atoms with Gasteiger partial charge >= 0.3 is 19.8 Å². The molecule has 3 atom stereocenters. The fraction of sp³-hybridized carbons (Fsp3) is 0.864. The molecule has 0 saturated heterocycles. The predicted octanol–water partition coefficient (Wildman–Crippen LogP) is 12.3. The van der Waals surface area contributed by atoms with E-state index in [9.17, 15) is 19.0 Å². The summed E-state index contributed by atoms with van der Waals surface area (Å²) in [6.45, 7) is 3.87.